The van der Waals surface area contributed by atoms with E-state index in [9.17, 15) is 9.59 Å². The normalized spacial score (nSPS) is 13.8. The van der Waals surface area contributed by atoms with Crippen molar-refractivity contribution in [1.29, 1.82) is 0 Å². The molecule has 1 fully saturated rings. The van der Waals surface area contributed by atoms with E-state index in [0.29, 0.717) is 54.8 Å². The number of hydroxylamine groups is 1. The fraction of sp³-hybridized carbons (Fsp3) is 0.240. The lowest BCUT2D eigenvalue weighted by Crippen LogP contribution is -2.49. The van der Waals surface area contributed by atoms with E-state index in [1.54, 1.807) is 49.1 Å². The lowest BCUT2D eigenvalue weighted by atomic mass is 10.0. The summed E-state index contributed by atoms with van der Waals surface area (Å²) >= 11 is 0. The highest BCUT2D eigenvalue weighted by Gasteiger charge is 2.26. The molecule has 1 aliphatic heterocycles. The van der Waals surface area contributed by atoms with Gasteiger partial charge in [-0.15, -0.1) is 0 Å². The largest absolute Gasteiger partial charge is 0.493 e. The standard InChI is InChI=1S/C25H26N6O5/c1-35-21-6-5-17(13-22(21)36-2)12-20(18-4-3-7-26-14-18)24(33)30-8-10-31(11-9-30)25-27-15-19(16-28-25)23(32)29-34/h3-7,12-16,34H,8-11H2,1-2H3,(H,29,32). The van der Waals surface area contributed by atoms with Crippen molar-refractivity contribution in [2.45, 2.75) is 0 Å². The minimum Gasteiger partial charge on any atom is -0.493 e. The van der Waals surface area contributed by atoms with Crippen molar-refractivity contribution in [3.05, 3.63) is 71.8 Å². The third-order valence-corrected chi connectivity index (χ3v) is 5.77. The fourth-order valence-electron chi connectivity index (χ4n) is 3.85. The van der Waals surface area contributed by atoms with Crippen molar-refractivity contribution in [3.63, 3.8) is 0 Å². The highest BCUT2D eigenvalue weighted by Crippen LogP contribution is 2.30. The van der Waals surface area contributed by atoms with Gasteiger partial charge >= 0.3 is 0 Å². The molecule has 0 aliphatic carbocycles. The molecule has 3 aromatic rings. The topological polar surface area (TPSA) is 130 Å². The van der Waals surface area contributed by atoms with Crippen LogP contribution in [-0.2, 0) is 4.79 Å². The first kappa shape index (κ1) is 24.6. The Balaban J connectivity index is 1.53. The minimum absolute atomic E-state index is 0.117. The van der Waals surface area contributed by atoms with Crippen LogP contribution in [0.1, 0.15) is 21.5 Å². The van der Waals surface area contributed by atoms with Gasteiger partial charge in [-0.3, -0.25) is 19.8 Å². The van der Waals surface area contributed by atoms with E-state index in [2.05, 4.69) is 15.0 Å². The van der Waals surface area contributed by atoms with Crippen LogP contribution >= 0.6 is 0 Å². The van der Waals surface area contributed by atoms with Gasteiger partial charge in [0, 0.05) is 62.1 Å². The first-order chi connectivity index (χ1) is 17.5. The number of amides is 2. The predicted octanol–water partition coefficient (Wildman–Crippen LogP) is 1.90. The van der Waals surface area contributed by atoms with Crippen LogP contribution in [-0.4, -0.2) is 77.3 Å². The summed E-state index contributed by atoms with van der Waals surface area (Å²) in [4.78, 5) is 41.4. The van der Waals surface area contributed by atoms with Crippen LogP contribution < -0.4 is 19.9 Å². The number of carbonyl (C=O) groups is 2. The molecule has 0 radical (unpaired) electrons. The molecule has 0 atom stereocenters. The summed E-state index contributed by atoms with van der Waals surface area (Å²) in [5.41, 5.74) is 3.71. The van der Waals surface area contributed by atoms with E-state index in [1.165, 1.54) is 12.4 Å². The Bertz CT molecular complexity index is 1240. The van der Waals surface area contributed by atoms with E-state index < -0.39 is 5.91 Å². The number of anilines is 1. The third-order valence-electron chi connectivity index (χ3n) is 5.77. The van der Waals surface area contributed by atoms with Crippen LogP contribution in [0.25, 0.3) is 11.6 Å². The predicted molar refractivity (Wildman–Crippen MR) is 132 cm³/mol. The molecule has 2 N–H and O–H groups in total. The molecule has 11 heteroatoms. The zero-order chi connectivity index (χ0) is 25.5. The molecule has 2 amide bonds. The Hall–Kier alpha value is -4.51. The maximum atomic E-state index is 13.6. The highest BCUT2D eigenvalue weighted by atomic mass is 16.5. The summed E-state index contributed by atoms with van der Waals surface area (Å²) in [6, 6.07) is 9.12. The molecule has 0 bridgehead atoms. The fourth-order valence-corrected chi connectivity index (χ4v) is 3.85. The lowest BCUT2D eigenvalue weighted by Gasteiger charge is -2.35. The molecule has 4 rings (SSSR count). The molecule has 0 unspecified atom stereocenters. The summed E-state index contributed by atoms with van der Waals surface area (Å²) in [6.45, 7) is 1.97. The molecule has 2 aromatic heterocycles. The quantitative estimate of drug-likeness (QED) is 0.290. The Morgan fingerprint density at radius 3 is 2.31 bits per heavy atom. The van der Waals surface area contributed by atoms with Crippen molar-refractivity contribution >= 4 is 29.4 Å². The average Bonchev–Trinajstić information content (AvgIpc) is 2.95. The van der Waals surface area contributed by atoms with Gasteiger partial charge in [-0.1, -0.05) is 12.1 Å². The van der Waals surface area contributed by atoms with E-state index >= 15 is 0 Å². The molecular weight excluding hydrogens is 464 g/mol. The minimum atomic E-state index is -0.679. The van der Waals surface area contributed by atoms with Gasteiger partial charge in [0.15, 0.2) is 11.5 Å². The van der Waals surface area contributed by atoms with Gasteiger partial charge in [-0.2, -0.15) is 0 Å². The number of hydrogen-bond donors (Lipinski definition) is 2. The first-order valence-electron chi connectivity index (χ1n) is 11.2. The third kappa shape index (κ3) is 5.41. The Labute approximate surface area is 208 Å². The summed E-state index contributed by atoms with van der Waals surface area (Å²) in [5.74, 6) is 0.826. The number of nitrogens with zero attached hydrogens (tertiary/aromatic N) is 5. The van der Waals surface area contributed by atoms with Crippen molar-refractivity contribution in [2.75, 3.05) is 45.3 Å². The molecule has 1 aromatic carbocycles. The van der Waals surface area contributed by atoms with Gasteiger partial charge in [0.1, 0.15) is 0 Å². The second-order valence-electron chi connectivity index (χ2n) is 7.91. The number of ether oxygens (including phenoxy) is 2. The summed E-state index contributed by atoms with van der Waals surface area (Å²) in [5, 5.41) is 8.73. The van der Waals surface area contributed by atoms with Crippen molar-refractivity contribution in [1.82, 2.24) is 25.3 Å². The first-order valence-corrected chi connectivity index (χ1v) is 11.2. The van der Waals surface area contributed by atoms with E-state index in [-0.39, 0.29) is 11.5 Å². The van der Waals surface area contributed by atoms with E-state index in [0.717, 1.165) is 5.56 Å². The zero-order valence-electron chi connectivity index (χ0n) is 19.9. The van der Waals surface area contributed by atoms with E-state index in [1.807, 2.05) is 29.2 Å². The molecule has 0 spiro atoms. The van der Waals surface area contributed by atoms with Crippen LogP contribution in [0.15, 0.2) is 55.1 Å². The number of nitrogens with one attached hydrogen (secondary N) is 1. The van der Waals surface area contributed by atoms with Gasteiger partial charge in [0.05, 0.1) is 19.8 Å². The molecule has 3 heterocycles. The zero-order valence-corrected chi connectivity index (χ0v) is 19.9. The monoisotopic (exact) mass is 490 g/mol. The maximum Gasteiger partial charge on any atom is 0.277 e. The molecule has 0 saturated carbocycles. The van der Waals surface area contributed by atoms with E-state index in [4.69, 9.17) is 14.7 Å². The number of pyridine rings is 1. The molecule has 36 heavy (non-hydrogen) atoms. The smallest absolute Gasteiger partial charge is 0.277 e. The number of carbonyl (C=O) groups excluding carboxylic acids is 2. The van der Waals surface area contributed by atoms with Crippen LogP contribution in [0.4, 0.5) is 5.95 Å². The van der Waals surface area contributed by atoms with Gasteiger partial charge in [0.2, 0.25) is 5.95 Å². The van der Waals surface area contributed by atoms with Crippen molar-refractivity contribution in [2.24, 2.45) is 0 Å². The van der Waals surface area contributed by atoms with Crippen LogP contribution in [0.2, 0.25) is 0 Å². The van der Waals surface area contributed by atoms with Gasteiger partial charge in [0.25, 0.3) is 11.8 Å². The molecule has 1 saturated heterocycles. The van der Waals surface area contributed by atoms with Crippen molar-refractivity contribution < 1.29 is 24.3 Å². The Morgan fingerprint density at radius 1 is 0.972 bits per heavy atom. The number of rotatable bonds is 7. The highest BCUT2D eigenvalue weighted by molar-refractivity contribution is 6.24. The van der Waals surface area contributed by atoms with Gasteiger partial charge in [-0.25, -0.2) is 15.4 Å². The SMILES string of the molecule is COc1ccc(C=C(C(=O)N2CCN(c3ncc(C(=O)NO)cn3)CC2)c2cccnc2)cc1OC. The van der Waals surface area contributed by atoms with Crippen LogP contribution in [0, 0.1) is 0 Å². The number of benzene rings is 1. The summed E-state index contributed by atoms with van der Waals surface area (Å²) in [6.07, 6.45) is 7.84. The number of piperazine rings is 1. The summed E-state index contributed by atoms with van der Waals surface area (Å²) < 4.78 is 10.7. The van der Waals surface area contributed by atoms with Gasteiger partial charge < -0.3 is 19.3 Å². The maximum absolute atomic E-state index is 13.6. The van der Waals surface area contributed by atoms with Gasteiger partial charge in [-0.05, 0) is 29.8 Å². The number of hydrogen-bond acceptors (Lipinski definition) is 9. The molecule has 1 aliphatic rings. The average molecular weight is 491 g/mol. The second-order valence-corrected chi connectivity index (χ2v) is 7.91. The second kappa shape index (κ2) is 11.3. The molecular formula is C25H26N6O5. The van der Waals surface area contributed by atoms with Crippen molar-refractivity contribution in [3.8, 4) is 11.5 Å². The lowest BCUT2D eigenvalue weighted by molar-refractivity contribution is -0.125. The molecule has 11 nitrogen and oxygen atoms in total. The number of aromatic nitrogens is 3. The number of methoxy groups -OCH3 is 2. The van der Waals surface area contributed by atoms with Crippen LogP contribution in [0.5, 0.6) is 11.5 Å². The summed E-state index contributed by atoms with van der Waals surface area (Å²) in [7, 11) is 3.14. The Kier molecular flexibility index (Phi) is 7.71. The van der Waals surface area contributed by atoms with Crippen LogP contribution in [0.3, 0.4) is 0 Å². The molecule has 186 valence electrons. The Morgan fingerprint density at radius 2 is 1.69 bits per heavy atom.